The molecule has 1 aliphatic rings. The highest BCUT2D eigenvalue weighted by atomic mass is 16.5. The molecule has 0 aliphatic carbocycles. The zero-order valence-corrected chi connectivity index (χ0v) is 17.9. The Kier molecular flexibility index (Phi) is 6.57. The zero-order valence-electron chi connectivity index (χ0n) is 17.9. The molecule has 6 nitrogen and oxygen atoms in total. The Morgan fingerprint density at radius 1 is 1.00 bits per heavy atom. The molecule has 6 heteroatoms. The molecule has 30 heavy (non-hydrogen) atoms. The molecule has 0 aromatic heterocycles. The van der Waals surface area contributed by atoms with Crippen molar-refractivity contribution < 1.29 is 19.4 Å². The molecule has 0 bridgehead atoms. The van der Waals surface area contributed by atoms with Crippen LogP contribution in [0.2, 0.25) is 0 Å². The highest BCUT2D eigenvalue weighted by Crippen LogP contribution is 2.33. The SMILES string of the molecule is Cc1ccc(CN2C(=O)C(c3ccc(OC(C)C)cc3)=C(N(C)CCO)C2=O)cc1. The normalized spacial score (nSPS) is 14.1. The average molecular weight is 408 g/mol. The Labute approximate surface area is 177 Å². The number of aliphatic hydroxyl groups is 1. The summed E-state index contributed by atoms with van der Waals surface area (Å²) in [4.78, 5) is 29.4. The summed E-state index contributed by atoms with van der Waals surface area (Å²) in [7, 11) is 1.71. The number of nitrogens with zero attached hydrogens (tertiary/aromatic N) is 2. The van der Waals surface area contributed by atoms with Gasteiger partial charge >= 0.3 is 0 Å². The van der Waals surface area contributed by atoms with Gasteiger partial charge in [-0.15, -0.1) is 0 Å². The van der Waals surface area contributed by atoms with Gasteiger partial charge in [-0.1, -0.05) is 42.0 Å². The summed E-state index contributed by atoms with van der Waals surface area (Å²) in [6, 6.07) is 14.9. The molecule has 0 saturated heterocycles. The molecule has 0 fully saturated rings. The molecule has 1 heterocycles. The van der Waals surface area contributed by atoms with Gasteiger partial charge in [-0.2, -0.15) is 0 Å². The van der Waals surface area contributed by atoms with Crippen LogP contribution in [0, 0.1) is 6.92 Å². The van der Waals surface area contributed by atoms with E-state index >= 15 is 0 Å². The van der Waals surface area contributed by atoms with Gasteiger partial charge in [0.1, 0.15) is 11.4 Å². The lowest BCUT2D eigenvalue weighted by molar-refractivity contribution is -0.138. The van der Waals surface area contributed by atoms with Gasteiger partial charge in [-0.3, -0.25) is 14.5 Å². The third-order valence-corrected chi connectivity index (χ3v) is 4.94. The maximum atomic E-state index is 13.3. The van der Waals surface area contributed by atoms with Crippen LogP contribution in [-0.4, -0.2) is 53.0 Å². The van der Waals surface area contributed by atoms with E-state index < -0.39 is 0 Å². The van der Waals surface area contributed by atoms with E-state index in [1.807, 2.05) is 45.0 Å². The number of hydrogen-bond donors (Lipinski definition) is 1. The number of aliphatic hydroxyl groups excluding tert-OH is 1. The van der Waals surface area contributed by atoms with Crippen molar-refractivity contribution in [2.75, 3.05) is 20.2 Å². The van der Waals surface area contributed by atoms with Crippen LogP contribution < -0.4 is 4.74 Å². The fourth-order valence-electron chi connectivity index (χ4n) is 3.43. The Morgan fingerprint density at radius 2 is 1.63 bits per heavy atom. The first-order chi connectivity index (χ1) is 14.3. The van der Waals surface area contributed by atoms with E-state index in [-0.39, 0.29) is 37.6 Å². The molecule has 0 radical (unpaired) electrons. The van der Waals surface area contributed by atoms with Gasteiger partial charge in [0.05, 0.1) is 24.8 Å². The molecule has 2 amide bonds. The van der Waals surface area contributed by atoms with E-state index in [4.69, 9.17) is 4.74 Å². The summed E-state index contributed by atoms with van der Waals surface area (Å²) in [5.41, 5.74) is 3.30. The Hall–Kier alpha value is -3.12. The number of likely N-dealkylation sites (N-methyl/N-ethyl adjacent to an activating group) is 1. The minimum atomic E-state index is -0.353. The predicted octanol–water partition coefficient (Wildman–Crippen LogP) is 2.99. The smallest absolute Gasteiger partial charge is 0.278 e. The Balaban J connectivity index is 1.96. The molecule has 2 aromatic rings. The summed E-state index contributed by atoms with van der Waals surface area (Å²) in [6.07, 6.45) is 0.0426. The molecule has 158 valence electrons. The van der Waals surface area contributed by atoms with E-state index in [0.29, 0.717) is 22.6 Å². The summed E-state index contributed by atoms with van der Waals surface area (Å²) < 4.78 is 5.68. The first kappa shape index (κ1) is 21.6. The molecule has 0 unspecified atom stereocenters. The lowest BCUT2D eigenvalue weighted by Crippen LogP contribution is -2.34. The second kappa shape index (κ2) is 9.13. The average Bonchev–Trinajstić information content (AvgIpc) is 2.95. The van der Waals surface area contributed by atoms with Crippen molar-refractivity contribution >= 4 is 17.4 Å². The van der Waals surface area contributed by atoms with E-state index in [1.165, 1.54) is 4.90 Å². The number of imide groups is 1. The number of amides is 2. The van der Waals surface area contributed by atoms with Crippen molar-refractivity contribution in [3.8, 4) is 5.75 Å². The third kappa shape index (κ3) is 4.54. The van der Waals surface area contributed by atoms with Crippen LogP contribution in [0.25, 0.3) is 5.57 Å². The molecule has 1 aliphatic heterocycles. The van der Waals surface area contributed by atoms with Crippen LogP contribution in [-0.2, 0) is 16.1 Å². The summed E-state index contributed by atoms with van der Waals surface area (Å²) in [5, 5.41) is 9.36. The van der Waals surface area contributed by atoms with Gasteiger partial charge in [0.2, 0.25) is 0 Å². The number of hydrogen-bond acceptors (Lipinski definition) is 5. The highest BCUT2D eigenvalue weighted by Gasteiger charge is 2.40. The Bertz CT molecular complexity index is 946. The van der Waals surface area contributed by atoms with E-state index in [2.05, 4.69) is 0 Å². The Morgan fingerprint density at radius 3 is 2.20 bits per heavy atom. The first-order valence-electron chi connectivity index (χ1n) is 10.1. The van der Waals surface area contributed by atoms with E-state index in [1.54, 1.807) is 36.2 Å². The molecule has 0 spiro atoms. The minimum Gasteiger partial charge on any atom is -0.491 e. The summed E-state index contributed by atoms with van der Waals surface area (Å²) in [5.74, 6) is 0.0137. The topological polar surface area (TPSA) is 70.1 Å². The second-order valence-corrected chi connectivity index (χ2v) is 7.74. The van der Waals surface area contributed by atoms with Gasteiger partial charge < -0.3 is 14.7 Å². The van der Waals surface area contributed by atoms with Gasteiger partial charge in [0, 0.05) is 13.6 Å². The molecule has 0 atom stereocenters. The molecular weight excluding hydrogens is 380 g/mol. The van der Waals surface area contributed by atoms with Crippen molar-refractivity contribution in [3.63, 3.8) is 0 Å². The number of carbonyl (C=O) groups excluding carboxylic acids is 2. The molecule has 1 N–H and O–H groups in total. The van der Waals surface area contributed by atoms with E-state index in [9.17, 15) is 14.7 Å². The van der Waals surface area contributed by atoms with Crippen LogP contribution in [0.4, 0.5) is 0 Å². The predicted molar refractivity (Wildman–Crippen MR) is 116 cm³/mol. The van der Waals surface area contributed by atoms with Crippen LogP contribution in [0.15, 0.2) is 54.2 Å². The summed E-state index contributed by atoms with van der Waals surface area (Å²) in [6.45, 7) is 6.22. The van der Waals surface area contributed by atoms with Crippen molar-refractivity contribution in [1.29, 1.82) is 0 Å². The highest BCUT2D eigenvalue weighted by molar-refractivity contribution is 6.35. The number of benzene rings is 2. The lowest BCUT2D eigenvalue weighted by atomic mass is 10.0. The third-order valence-electron chi connectivity index (χ3n) is 4.94. The second-order valence-electron chi connectivity index (χ2n) is 7.74. The number of carbonyl (C=O) groups is 2. The van der Waals surface area contributed by atoms with Gasteiger partial charge in [-0.05, 0) is 44.0 Å². The standard InChI is InChI=1S/C24H28N2O4/c1-16(2)30-20-11-9-19(10-12-20)21-22(25(4)13-14-27)24(29)26(23(21)28)15-18-7-5-17(3)6-8-18/h5-12,16,27H,13-15H2,1-4H3. The fourth-order valence-corrected chi connectivity index (χ4v) is 3.43. The number of rotatable bonds is 8. The molecule has 3 rings (SSSR count). The van der Waals surface area contributed by atoms with Gasteiger partial charge in [0.25, 0.3) is 11.8 Å². The monoisotopic (exact) mass is 408 g/mol. The minimum absolute atomic E-state index is 0.0426. The molecule has 0 saturated carbocycles. The van der Waals surface area contributed by atoms with Crippen LogP contribution in [0.3, 0.4) is 0 Å². The van der Waals surface area contributed by atoms with Crippen LogP contribution in [0.1, 0.15) is 30.5 Å². The molecule has 2 aromatic carbocycles. The van der Waals surface area contributed by atoms with Crippen molar-refractivity contribution in [2.45, 2.75) is 33.4 Å². The van der Waals surface area contributed by atoms with Crippen LogP contribution in [0.5, 0.6) is 5.75 Å². The van der Waals surface area contributed by atoms with Crippen LogP contribution >= 0.6 is 0 Å². The number of ether oxygens (including phenoxy) is 1. The zero-order chi connectivity index (χ0) is 21.8. The lowest BCUT2D eigenvalue weighted by Gasteiger charge is -2.20. The van der Waals surface area contributed by atoms with Gasteiger partial charge in [0.15, 0.2) is 0 Å². The maximum absolute atomic E-state index is 13.3. The fraction of sp³-hybridized carbons (Fsp3) is 0.333. The first-order valence-corrected chi connectivity index (χ1v) is 10.1. The van der Waals surface area contributed by atoms with E-state index in [0.717, 1.165) is 11.1 Å². The largest absolute Gasteiger partial charge is 0.491 e. The van der Waals surface area contributed by atoms with Crippen molar-refractivity contribution in [3.05, 3.63) is 70.9 Å². The van der Waals surface area contributed by atoms with Crippen molar-refractivity contribution in [2.24, 2.45) is 0 Å². The quantitative estimate of drug-likeness (QED) is 0.680. The van der Waals surface area contributed by atoms with Crippen molar-refractivity contribution in [1.82, 2.24) is 9.80 Å². The molecular formula is C24H28N2O4. The summed E-state index contributed by atoms with van der Waals surface area (Å²) >= 11 is 0. The van der Waals surface area contributed by atoms with Gasteiger partial charge in [-0.25, -0.2) is 0 Å². The number of aryl methyl sites for hydroxylation is 1. The maximum Gasteiger partial charge on any atom is 0.278 e.